The second-order valence-electron chi connectivity index (χ2n) is 4.86. The Morgan fingerprint density at radius 3 is 2.89 bits per heavy atom. The fourth-order valence-electron chi connectivity index (χ4n) is 2.45. The zero-order valence-electron chi connectivity index (χ0n) is 11.0. The molecule has 0 spiro atoms. The zero-order chi connectivity index (χ0) is 12.3. The number of H-pyrrole nitrogens is 1. The Morgan fingerprint density at radius 1 is 1.58 bits per heavy atom. The highest BCUT2D eigenvalue weighted by atomic mass is 35.5. The lowest BCUT2D eigenvalue weighted by Gasteiger charge is -2.38. The lowest BCUT2D eigenvalue weighted by atomic mass is 9.92. The molecule has 1 aliphatic heterocycles. The minimum atomic E-state index is 0. The summed E-state index contributed by atoms with van der Waals surface area (Å²) in [5, 5.41) is 6.67. The predicted octanol–water partition coefficient (Wildman–Crippen LogP) is 1.38. The fourth-order valence-corrected chi connectivity index (χ4v) is 2.45. The van der Waals surface area contributed by atoms with Gasteiger partial charge < -0.3 is 10.6 Å². The number of likely N-dealkylation sites (tertiary alicyclic amines) is 1. The van der Waals surface area contributed by atoms with Gasteiger partial charge >= 0.3 is 0 Å². The third-order valence-corrected chi connectivity index (χ3v) is 3.47. The number of piperidine rings is 1. The zero-order valence-corrected chi connectivity index (χ0v) is 12.7. The number of nitrogens with zero attached hydrogens (tertiary/aromatic N) is 2. The number of hydrogen-bond donors (Lipinski definition) is 2. The monoisotopic (exact) mass is 308 g/mol. The highest BCUT2D eigenvalue weighted by Gasteiger charge is 2.28. The Kier molecular flexibility index (Phi) is 8.06. The Bertz CT molecular complexity index is 372. The van der Waals surface area contributed by atoms with Crippen molar-refractivity contribution in [2.24, 2.45) is 11.7 Å². The maximum absolute atomic E-state index is 12.2. The van der Waals surface area contributed by atoms with Crippen LogP contribution in [-0.2, 0) is 11.2 Å². The van der Waals surface area contributed by atoms with Crippen molar-refractivity contribution >= 4 is 30.7 Å². The van der Waals surface area contributed by atoms with Crippen LogP contribution in [0, 0.1) is 5.92 Å². The van der Waals surface area contributed by atoms with Crippen LogP contribution in [0.1, 0.15) is 25.5 Å². The number of nitrogens with two attached hydrogens (primary N) is 1. The van der Waals surface area contributed by atoms with Crippen LogP contribution in [0.3, 0.4) is 0 Å². The molecule has 110 valence electrons. The Morgan fingerprint density at radius 2 is 2.32 bits per heavy atom. The summed E-state index contributed by atoms with van der Waals surface area (Å²) in [5.41, 5.74) is 6.62. The smallest absolute Gasteiger partial charge is 0.228 e. The maximum atomic E-state index is 12.2. The van der Waals surface area contributed by atoms with Crippen LogP contribution in [0.25, 0.3) is 0 Å². The molecular formula is C12H22Cl2N4O. The third-order valence-electron chi connectivity index (χ3n) is 3.47. The Labute approximate surface area is 126 Å². The van der Waals surface area contributed by atoms with E-state index in [9.17, 15) is 4.79 Å². The van der Waals surface area contributed by atoms with E-state index in [1.807, 2.05) is 11.0 Å². The number of aromatic nitrogens is 2. The van der Waals surface area contributed by atoms with Gasteiger partial charge in [-0.05, 0) is 24.8 Å². The number of carbonyl (C=O) groups excluding carboxylic acids is 1. The molecule has 19 heavy (non-hydrogen) atoms. The second kappa shape index (κ2) is 8.40. The van der Waals surface area contributed by atoms with Gasteiger partial charge in [0, 0.05) is 31.0 Å². The quantitative estimate of drug-likeness (QED) is 0.886. The van der Waals surface area contributed by atoms with Crippen LogP contribution in [0.15, 0.2) is 12.3 Å². The number of hydrogen-bond acceptors (Lipinski definition) is 3. The lowest BCUT2D eigenvalue weighted by Crippen LogP contribution is -2.49. The molecule has 2 rings (SSSR count). The van der Waals surface area contributed by atoms with Gasteiger partial charge in [-0.25, -0.2) is 0 Å². The Hall–Kier alpha value is -0.780. The molecule has 1 aromatic heterocycles. The summed E-state index contributed by atoms with van der Waals surface area (Å²) in [7, 11) is 0. The second-order valence-corrected chi connectivity index (χ2v) is 4.86. The van der Waals surface area contributed by atoms with E-state index in [0.29, 0.717) is 18.9 Å². The van der Waals surface area contributed by atoms with E-state index in [2.05, 4.69) is 17.1 Å². The minimum Gasteiger partial charge on any atom is -0.338 e. The van der Waals surface area contributed by atoms with Crippen molar-refractivity contribution in [1.82, 2.24) is 15.1 Å². The number of carbonyl (C=O) groups is 1. The van der Waals surface area contributed by atoms with Gasteiger partial charge in [-0.3, -0.25) is 9.89 Å². The van der Waals surface area contributed by atoms with Crippen LogP contribution in [0.5, 0.6) is 0 Å². The van der Waals surface area contributed by atoms with Crippen molar-refractivity contribution in [3.05, 3.63) is 18.0 Å². The molecule has 3 N–H and O–H groups in total. The average Bonchev–Trinajstić information content (AvgIpc) is 2.81. The molecule has 1 amide bonds. The average molecular weight is 309 g/mol. The van der Waals surface area contributed by atoms with Gasteiger partial charge in [0.2, 0.25) is 5.91 Å². The minimum absolute atomic E-state index is 0. The van der Waals surface area contributed by atoms with E-state index in [4.69, 9.17) is 5.73 Å². The summed E-state index contributed by atoms with van der Waals surface area (Å²) in [6.45, 7) is 3.61. The molecule has 0 aliphatic carbocycles. The standard InChI is InChI=1S/C12H20N4O.2ClH/c1-9-3-5-16(11(6-9)8-13)12(17)7-10-2-4-14-15-10;;/h2,4,9,11H,3,5-8,13H2,1H3,(H,14,15);2*1H. The van der Waals surface area contributed by atoms with Gasteiger partial charge in [0.05, 0.1) is 6.42 Å². The first-order valence-electron chi connectivity index (χ1n) is 6.18. The van der Waals surface area contributed by atoms with Crippen LogP contribution >= 0.6 is 24.8 Å². The first-order chi connectivity index (χ1) is 8.20. The van der Waals surface area contributed by atoms with E-state index in [1.165, 1.54) is 0 Å². The van der Waals surface area contributed by atoms with Crippen molar-refractivity contribution < 1.29 is 4.79 Å². The highest BCUT2D eigenvalue weighted by molar-refractivity contribution is 5.85. The number of aromatic amines is 1. The van der Waals surface area contributed by atoms with Gasteiger partial charge in [-0.1, -0.05) is 6.92 Å². The van der Waals surface area contributed by atoms with Gasteiger partial charge in [-0.2, -0.15) is 5.10 Å². The topological polar surface area (TPSA) is 75.0 Å². The van der Waals surface area contributed by atoms with Gasteiger partial charge in [0.25, 0.3) is 0 Å². The number of amides is 1. The molecule has 1 fully saturated rings. The van der Waals surface area contributed by atoms with Crippen molar-refractivity contribution in [1.29, 1.82) is 0 Å². The molecular weight excluding hydrogens is 287 g/mol. The van der Waals surface area contributed by atoms with Crippen LogP contribution in [0.4, 0.5) is 0 Å². The molecule has 0 bridgehead atoms. The van der Waals surface area contributed by atoms with E-state index in [0.717, 1.165) is 25.1 Å². The van der Waals surface area contributed by atoms with Gasteiger partial charge in [0.15, 0.2) is 0 Å². The molecule has 0 radical (unpaired) electrons. The van der Waals surface area contributed by atoms with Crippen LogP contribution in [0.2, 0.25) is 0 Å². The molecule has 1 aliphatic rings. The maximum Gasteiger partial charge on any atom is 0.228 e. The number of halogens is 2. The van der Waals surface area contributed by atoms with Crippen LogP contribution in [-0.4, -0.2) is 40.1 Å². The van der Waals surface area contributed by atoms with E-state index < -0.39 is 0 Å². The first-order valence-corrected chi connectivity index (χ1v) is 6.18. The molecule has 7 heteroatoms. The van der Waals surface area contributed by atoms with E-state index in [-0.39, 0.29) is 36.8 Å². The summed E-state index contributed by atoms with van der Waals surface area (Å²) >= 11 is 0. The van der Waals surface area contributed by atoms with Crippen molar-refractivity contribution in [3.63, 3.8) is 0 Å². The third kappa shape index (κ3) is 4.67. The normalized spacial score (nSPS) is 22.3. The number of nitrogens with one attached hydrogen (secondary N) is 1. The van der Waals surface area contributed by atoms with Crippen molar-refractivity contribution in [2.75, 3.05) is 13.1 Å². The molecule has 2 heterocycles. The molecule has 1 saturated heterocycles. The van der Waals surface area contributed by atoms with E-state index >= 15 is 0 Å². The first kappa shape index (κ1) is 18.2. The lowest BCUT2D eigenvalue weighted by molar-refractivity contribution is -0.134. The van der Waals surface area contributed by atoms with E-state index in [1.54, 1.807) is 6.20 Å². The molecule has 1 aromatic rings. The number of rotatable bonds is 3. The summed E-state index contributed by atoms with van der Waals surface area (Å²) < 4.78 is 0. The van der Waals surface area contributed by atoms with Gasteiger partial charge in [0.1, 0.15) is 0 Å². The van der Waals surface area contributed by atoms with Gasteiger partial charge in [-0.15, -0.1) is 24.8 Å². The molecule has 0 saturated carbocycles. The molecule has 0 aromatic carbocycles. The van der Waals surface area contributed by atoms with Crippen molar-refractivity contribution in [3.8, 4) is 0 Å². The molecule has 2 atom stereocenters. The Balaban J connectivity index is 0.00000162. The van der Waals surface area contributed by atoms with Crippen molar-refractivity contribution in [2.45, 2.75) is 32.2 Å². The SMILES string of the molecule is CC1CCN(C(=O)Cc2ccn[nH]2)C(CN)C1.Cl.Cl. The fraction of sp³-hybridized carbons (Fsp3) is 0.667. The summed E-state index contributed by atoms with van der Waals surface area (Å²) in [5.74, 6) is 0.816. The summed E-state index contributed by atoms with van der Waals surface area (Å²) in [4.78, 5) is 14.1. The predicted molar refractivity (Wildman–Crippen MR) is 79.7 cm³/mol. The molecule has 2 unspecified atom stereocenters. The molecule has 5 nitrogen and oxygen atoms in total. The summed E-state index contributed by atoms with van der Waals surface area (Å²) in [6.07, 6.45) is 4.16. The largest absolute Gasteiger partial charge is 0.338 e. The summed E-state index contributed by atoms with van der Waals surface area (Å²) in [6, 6.07) is 2.04. The van der Waals surface area contributed by atoms with Crippen LogP contribution < -0.4 is 5.73 Å². The highest BCUT2D eigenvalue weighted by Crippen LogP contribution is 2.22.